The van der Waals surface area contributed by atoms with Gasteiger partial charge >= 0.3 is 39.5 Å². The standard InChI is InChI=1S/C83H162O17P2/c1-9-76(8)62-54-46-38-29-25-26-32-42-50-58-66-83(88)100-79(70-94-81(86)64-56-48-40-34-33-37-45-53-61-75(6)7)72-98-102(91,92)96-68-77(84)67-95-101(89,90)97-71-78(69-93-80(85)63-55-47-39-30-23-20-16-18-22-28-36-44-52-60-74(4)5)99-82(87)65-57-49-41-31-24-19-15-13-11-10-12-14-17-21-27-35-43-51-59-73(2)3/h73-79,84H,9-72H2,1-8H3,(H,89,90)(H,91,92)/t76?,77-,78-,79-/m1/s1. The molecule has 606 valence electrons. The zero-order chi connectivity index (χ0) is 75.3. The Morgan fingerprint density at radius 2 is 0.471 bits per heavy atom. The third-order valence-corrected chi connectivity index (χ3v) is 21.6. The largest absolute Gasteiger partial charge is 0.472 e. The smallest absolute Gasteiger partial charge is 0.462 e. The van der Waals surface area contributed by atoms with Crippen molar-refractivity contribution in [1.29, 1.82) is 0 Å². The lowest BCUT2D eigenvalue weighted by Gasteiger charge is -2.21. The Labute approximate surface area is 626 Å². The lowest BCUT2D eigenvalue weighted by molar-refractivity contribution is -0.161. The molecule has 0 spiro atoms. The van der Waals surface area contributed by atoms with E-state index in [2.05, 4.69) is 55.4 Å². The molecule has 0 aromatic heterocycles. The summed E-state index contributed by atoms with van der Waals surface area (Å²) in [4.78, 5) is 73.1. The van der Waals surface area contributed by atoms with Crippen molar-refractivity contribution < 1.29 is 80.2 Å². The molecule has 0 saturated heterocycles. The Bertz CT molecular complexity index is 1990. The monoisotopic (exact) mass is 1490 g/mol. The summed E-state index contributed by atoms with van der Waals surface area (Å²) >= 11 is 0. The number of carbonyl (C=O) groups excluding carboxylic acids is 4. The van der Waals surface area contributed by atoms with Crippen LogP contribution >= 0.6 is 15.6 Å². The van der Waals surface area contributed by atoms with Crippen molar-refractivity contribution in [3.05, 3.63) is 0 Å². The summed E-state index contributed by atoms with van der Waals surface area (Å²) < 4.78 is 68.8. The van der Waals surface area contributed by atoms with Crippen LogP contribution < -0.4 is 0 Å². The SMILES string of the molecule is CCC(C)CCCCCCCCCCCCC(=O)O[C@H](COC(=O)CCCCCCCCCCC(C)C)COP(=O)(O)OC[C@H](O)COP(=O)(O)OC[C@@H](COC(=O)CCCCCCCCCCCCCCCC(C)C)OC(=O)CCCCCCCCCCCCCCCCCCCCC(C)C. The van der Waals surface area contributed by atoms with Gasteiger partial charge in [0.1, 0.15) is 19.3 Å². The van der Waals surface area contributed by atoms with E-state index in [9.17, 15) is 43.2 Å². The van der Waals surface area contributed by atoms with Gasteiger partial charge in [0.25, 0.3) is 0 Å². The summed E-state index contributed by atoms with van der Waals surface area (Å²) in [5.74, 6) is 1.03. The fraction of sp³-hybridized carbons (Fsp3) is 0.952. The first-order valence-corrected chi connectivity index (χ1v) is 45.7. The normalized spacial score (nSPS) is 14.3. The average molecular weight is 1490 g/mol. The molecule has 0 saturated carbocycles. The first kappa shape index (κ1) is 100. The molecule has 19 heteroatoms. The minimum absolute atomic E-state index is 0.106. The van der Waals surface area contributed by atoms with E-state index in [0.717, 1.165) is 114 Å². The Kier molecular flexibility index (Phi) is 70.6. The number of hydrogen-bond donors (Lipinski definition) is 3. The third-order valence-electron chi connectivity index (χ3n) is 19.7. The minimum atomic E-state index is -4.96. The van der Waals surface area contributed by atoms with Crippen LogP contribution in [-0.2, 0) is 65.4 Å². The van der Waals surface area contributed by atoms with Crippen molar-refractivity contribution in [2.45, 2.75) is 446 Å². The van der Waals surface area contributed by atoms with E-state index in [1.54, 1.807) is 0 Å². The van der Waals surface area contributed by atoms with Gasteiger partial charge in [0.05, 0.1) is 26.4 Å². The number of carbonyl (C=O) groups is 4. The van der Waals surface area contributed by atoms with Crippen LogP contribution in [0.3, 0.4) is 0 Å². The summed E-state index contributed by atoms with van der Waals surface area (Å²) in [5, 5.41) is 10.7. The average Bonchev–Trinajstić information content (AvgIpc) is 0.923. The highest BCUT2D eigenvalue weighted by molar-refractivity contribution is 7.47. The summed E-state index contributed by atoms with van der Waals surface area (Å²) in [6, 6.07) is 0. The second kappa shape index (κ2) is 72.0. The van der Waals surface area contributed by atoms with Crippen LogP contribution in [0.2, 0.25) is 0 Å². The maximum absolute atomic E-state index is 13.1. The van der Waals surface area contributed by atoms with E-state index in [1.165, 1.54) is 231 Å². The second-order valence-corrected chi connectivity index (χ2v) is 34.4. The molecule has 0 amide bonds. The number of hydrogen-bond acceptors (Lipinski definition) is 15. The van der Waals surface area contributed by atoms with E-state index in [4.69, 9.17) is 37.0 Å². The molecule has 17 nitrogen and oxygen atoms in total. The van der Waals surface area contributed by atoms with Crippen LogP contribution in [0.5, 0.6) is 0 Å². The number of ether oxygens (including phenoxy) is 4. The van der Waals surface area contributed by atoms with Crippen LogP contribution in [0.15, 0.2) is 0 Å². The fourth-order valence-corrected chi connectivity index (χ4v) is 14.3. The molecule has 0 bridgehead atoms. The van der Waals surface area contributed by atoms with E-state index in [0.29, 0.717) is 25.7 Å². The molecular formula is C83H162O17P2. The molecule has 3 N–H and O–H groups in total. The Balaban J connectivity index is 5.24. The summed E-state index contributed by atoms with van der Waals surface area (Å²) in [5.41, 5.74) is 0. The van der Waals surface area contributed by atoms with E-state index >= 15 is 0 Å². The molecule has 0 rings (SSSR count). The Morgan fingerprint density at radius 1 is 0.275 bits per heavy atom. The van der Waals surface area contributed by atoms with Crippen molar-refractivity contribution in [3.63, 3.8) is 0 Å². The fourth-order valence-electron chi connectivity index (χ4n) is 12.8. The number of phosphoric ester groups is 2. The number of aliphatic hydroxyl groups is 1. The molecule has 0 aromatic carbocycles. The number of esters is 4. The maximum atomic E-state index is 13.1. The van der Waals surface area contributed by atoms with Crippen LogP contribution in [0.4, 0.5) is 0 Å². The number of aliphatic hydroxyl groups excluding tert-OH is 1. The second-order valence-electron chi connectivity index (χ2n) is 31.5. The highest BCUT2D eigenvalue weighted by atomic mass is 31.2. The lowest BCUT2D eigenvalue weighted by atomic mass is 9.99. The third kappa shape index (κ3) is 74.9. The van der Waals surface area contributed by atoms with Gasteiger partial charge in [-0.2, -0.15) is 0 Å². The molecule has 0 radical (unpaired) electrons. The van der Waals surface area contributed by atoms with Gasteiger partial charge in [-0.3, -0.25) is 37.3 Å². The summed E-state index contributed by atoms with van der Waals surface area (Å²) in [6.45, 7) is 14.3. The van der Waals surface area contributed by atoms with Gasteiger partial charge in [0.15, 0.2) is 12.2 Å². The zero-order valence-electron chi connectivity index (χ0n) is 67.2. The molecule has 0 heterocycles. The number of unbranched alkanes of at least 4 members (excludes halogenated alkanes) is 45. The highest BCUT2D eigenvalue weighted by Gasteiger charge is 2.30. The summed E-state index contributed by atoms with van der Waals surface area (Å²) in [6.07, 6.45) is 59.7. The number of phosphoric acid groups is 2. The van der Waals surface area contributed by atoms with Crippen molar-refractivity contribution in [1.82, 2.24) is 0 Å². The van der Waals surface area contributed by atoms with Crippen molar-refractivity contribution in [3.8, 4) is 0 Å². The highest BCUT2D eigenvalue weighted by Crippen LogP contribution is 2.45. The minimum Gasteiger partial charge on any atom is -0.462 e. The van der Waals surface area contributed by atoms with Gasteiger partial charge in [-0.1, -0.05) is 376 Å². The van der Waals surface area contributed by atoms with E-state index in [-0.39, 0.29) is 25.7 Å². The first-order chi connectivity index (χ1) is 49.1. The molecule has 0 aliphatic carbocycles. The van der Waals surface area contributed by atoms with Gasteiger partial charge in [-0.25, -0.2) is 9.13 Å². The molecule has 102 heavy (non-hydrogen) atoms. The molecule has 0 aliphatic rings. The number of rotatable bonds is 80. The Morgan fingerprint density at radius 3 is 0.696 bits per heavy atom. The first-order valence-electron chi connectivity index (χ1n) is 42.7. The molecule has 0 fully saturated rings. The predicted octanol–water partition coefficient (Wildman–Crippen LogP) is 24.8. The lowest BCUT2D eigenvalue weighted by Crippen LogP contribution is -2.30. The van der Waals surface area contributed by atoms with Gasteiger partial charge in [-0.15, -0.1) is 0 Å². The molecule has 0 aromatic rings. The van der Waals surface area contributed by atoms with Gasteiger partial charge < -0.3 is 33.8 Å². The van der Waals surface area contributed by atoms with Crippen molar-refractivity contribution in [2.24, 2.45) is 23.7 Å². The molecule has 6 atom stereocenters. The zero-order valence-corrected chi connectivity index (χ0v) is 69.0. The predicted molar refractivity (Wildman–Crippen MR) is 418 cm³/mol. The van der Waals surface area contributed by atoms with E-state index in [1.807, 2.05) is 0 Å². The Hall–Kier alpha value is -1.94. The topological polar surface area (TPSA) is 237 Å². The van der Waals surface area contributed by atoms with Crippen LogP contribution in [0.1, 0.15) is 428 Å². The van der Waals surface area contributed by atoms with Crippen LogP contribution in [0.25, 0.3) is 0 Å². The van der Waals surface area contributed by atoms with Gasteiger partial charge in [0.2, 0.25) is 0 Å². The van der Waals surface area contributed by atoms with Gasteiger partial charge in [0, 0.05) is 25.7 Å². The van der Waals surface area contributed by atoms with Crippen molar-refractivity contribution >= 4 is 39.5 Å². The summed E-state index contributed by atoms with van der Waals surface area (Å²) in [7, 11) is -9.93. The quantitative estimate of drug-likeness (QED) is 0.0222. The van der Waals surface area contributed by atoms with Crippen molar-refractivity contribution in [2.75, 3.05) is 39.6 Å². The molecule has 0 aliphatic heterocycles. The van der Waals surface area contributed by atoms with Gasteiger partial charge in [-0.05, 0) is 49.4 Å². The molecular weight excluding hydrogens is 1330 g/mol. The van der Waals surface area contributed by atoms with Crippen LogP contribution in [-0.4, -0.2) is 96.7 Å². The maximum Gasteiger partial charge on any atom is 0.472 e. The molecule has 3 unspecified atom stereocenters. The van der Waals surface area contributed by atoms with Crippen LogP contribution in [0, 0.1) is 23.7 Å². The van der Waals surface area contributed by atoms with E-state index < -0.39 is 97.5 Å².